The molecule has 17 heavy (non-hydrogen) atoms. The highest BCUT2D eigenvalue weighted by Crippen LogP contribution is 2.10. The lowest BCUT2D eigenvalue weighted by Gasteiger charge is -2.22. The van der Waals surface area contributed by atoms with Crippen LogP contribution in [-0.2, 0) is 6.54 Å². The van der Waals surface area contributed by atoms with Crippen LogP contribution in [0, 0.1) is 5.92 Å². The zero-order valence-corrected chi connectivity index (χ0v) is 10.4. The molecule has 1 aliphatic rings. The summed E-state index contributed by atoms with van der Waals surface area (Å²) in [4.78, 5) is 8.38. The summed E-state index contributed by atoms with van der Waals surface area (Å²) in [6.07, 6.45) is 6.30. The van der Waals surface area contributed by atoms with Crippen molar-refractivity contribution in [2.75, 3.05) is 32.0 Å². The minimum absolute atomic E-state index is 0.673. The van der Waals surface area contributed by atoms with E-state index in [1.54, 1.807) is 0 Å². The van der Waals surface area contributed by atoms with Gasteiger partial charge in [0.1, 0.15) is 0 Å². The molecule has 5 heteroatoms. The third-order valence-electron chi connectivity index (χ3n) is 3.15. The van der Waals surface area contributed by atoms with Crippen molar-refractivity contribution in [1.82, 2.24) is 20.6 Å². The summed E-state index contributed by atoms with van der Waals surface area (Å²) in [5.41, 5.74) is 1.14. The molecule has 0 saturated carbocycles. The van der Waals surface area contributed by atoms with E-state index >= 15 is 0 Å². The standard InChI is InChI=1S/C12H21N5/c1-13-12-16-8-11(9-17-12)7-15-6-10-2-4-14-5-3-10/h8-10,14-15H,2-7H2,1H3,(H,13,16,17). The van der Waals surface area contributed by atoms with E-state index in [-0.39, 0.29) is 0 Å². The summed E-state index contributed by atoms with van der Waals surface area (Å²) in [6, 6.07) is 0. The fourth-order valence-corrected chi connectivity index (χ4v) is 2.08. The van der Waals surface area contributed by atoms with Crippen molar-refractivity contribution in [1.29, 1.82) is 0 Å². The second-order valence-corrected chi connectivity index (χ2v) is 4.49. The Balaban J connectivity index is 1.69. The first-order valence-electron chi connectivity index (χ1n) is 6.28. The predicted molar refractivity (Wildman–Crippen MR) is 68.9 cm³/mol. The van der Waals surface area contributed by atoms with E-state index in [1.165, 1.54) is 12.8 Å². The summed E-state index contributed by atoms with van der Waals surface area (Å²) in [7, 11) is 1.82. The smallest absolute Gasteiger partial charge is 0.222 e. The zero-order valence-electron chi connectivity index (χ0n) is 10.4. The number of hydrogen-bond acceptors (Lipinski definition) is 5. The Morgan fingerprint density at radius 2 is 2.00 bits per heavy atom. The molecule has 3 N–H and O–H groups in total. The molecule has 94 valence electrons. The maximum Gasteiger partial charge on any atom is 0.222 e. The Morgan fingerprint density at radius 3 is 2.65 bits per heavy atom. The highest BCUT2D eigenvalue weighted by Gasteiger charge is 2.11. The molecule has 0 atom stereocenters. The van der Waals surface area contributed by atoms with Crippen molar-refractivity contribution in [3.05, 3.63) is 18.0 Å². The van der Waals surface area contributed by atoms with E-state index in [9.17, 15) is 0 Å². The number of aromatic nitrogens is 2. The molecular formula is C12H21N5. The van der Waals surface area contributed by atoms with Gasteiger partial charge in [0.25, 0.3) is 0 Å². The molecule has 0 unspecified atom stereocenters. The first-order chi connectivity index (χ1) is 8.38. The number of nitrogens with one attached hydrogen (secondary N) is 3. The van der Waals surface area contributed by atoms with Gasteiger partial charge in [0, 0.05) is 31.5 Å². The van der Waals surface area contributed by atoms with Gasteiger partial charge in [-0.1, -0.05) is 0 Å². The maximum absolute atomic E-state index is 4.19. The van der Waals surface area contributed by atoms with Crippen LogP contribution in [0.25, 0.3) is 0 Å². The molecule has 1 aromatic rings. The Bertz CT molecular complexity index is 318. The van der Waals surface area contributed by atoms with Gasteiger partial charge in [0.05, 0.1) is 0 Å². The van der Waals surface area contributed by atoms with E-state index in [1.807, 2.05) is 19.4 Å². The molecule has 0 radical (unpaired) electrons. The summed E-state index contributed by atoms with van der Waals surface area (Å²) >= 11 is 0. The summed E-state index contributed by atoms with van der Waals surface area (Å²) in [5, 5.41) is 9.77. The van der Waals surface area contributed by atoms with Gasteiger partial charge in [-0.2, -0.15) is 0 Å². The lowest BCUT2D eigenvalue weighted by Crippen LogP contribution is -2.33. The van der Waals surface area contributed by atoms with Crippen molar-refractivity contribution in [2.45, 2.75) is 19.4 Å². The molecule has 0 aromatic carbocycles. The highest BCUT2D eigenvalue weighted by atomic mass is 15.1. The molecule has 1 aromatic heterocycles. The number of nitrogens with zero attached hydrogens (tertiary/aromatic N) is 2. The van der Waals surface area contributed by atoms with Crippen molar-refractivity contribution in [3.63, 3.8) is 0 Å². The van der Waals surface area contributed by atoms with Gasteiger partial charge in [-0.3, -0.25) is 0 Å². The third-order valence-corrected chi connectivity index (χ3v) is 3.15. The number of rotatable bonds is 5. The quantitative estimate of drug-likeness (QED) is 0.698. The Kier molecular flexibility index (Phi) is 4.70. The van der Waals surface area contributed by atoms with Crippen LogP contribution < -0.4 is 16.0 Å². The molecule has 2 rings (SSSR count). The fraction of sp³-hybridized carbons (Fsp3) is 0.667. The van der Waals surface area contributed by atoms with E-state index in [2.05, 4.69) is 25.9 Å². The second kappa shape index (κ2) is 6.51. The van der Waals surface area contributed by atoms with Crippen LogP contribution in [0.3, 0.4) is 0 Å². The fourth-order valence-electron chi connectivity index (χ4n) is 2.08. The van der Waals surface area contributed by atoms with Gasteiger partial charge < -0.3 is 16.0 Å². The first kappa shape index (κ1) is 12.3. The van der Waals surface area contributed by atoms with E-state index < -0.39 is 0 Å². The van der Waals surface area contributed by atoms with Gasteiger partial charge in [-0.15, -0.1) is 0 Å². The van der Waals surface area contributed by atoms with Crippen LogP contribution in [0.4, 0.5) is 5.95 Å². The average molecular weight is 235 g/mol. The normalized spacial score (nSPS) is 17.0. The largest absolute Gasteiger partial charge is 0.357 e. The highest BCUT2D eigenvalue weighted by molar-refractivity contribution is 5.22. The molecule has 0 bridgehead atoms. The molecule has 0 aliphatic carbocycles. The van der Waals surface area contributed by atoms with Crippen molar-refractivity contribution in [2.24, 2.45) is 5.92 Å². The minimum atomic E-state index is 0.673. The third kappa shape index (κ3) is 3.94. The molecular weight excluding hydrogens is 214 g/mol. The predicted octanol–water partition coefficient (Wildman–Crippen LogP) is 0.607. The van der Waals surface area contributed by atoms with Crippen LogP contribution >= 0.6 is 0 Å². The Labute approximate surface area is 102 Å². The van der Waals surface area contributed by atoms with Crippen molar-refractivity contribution in [3.8, 4) is 0 Å². The molecule has 0 amide bonds. The molecule has 2 heterocycles. The maximum atomic E-state index is 4.19. The van der Waals surface area contributed by atoms with Crippen molar-refractivity contribution >= 4 is 5.95 Å². The Hall–Kier alpha value is -1.20. The van der Waals surface area contributed by atoms with E-state index in [4.69, 9.17) is 0 Å². The summed E-state index contributed by atoms with van der Waals surface area (Å²) in [5.74, 6) is 1.49. The number of anilines is 1. The van der Waals surface area contributed by atoms with Gasteiger partial charge in [0.2, 0.25) is 5.95 Å². The number of hydrogen-bond donors (Lipinski definition) is 3. The van der Waals surface area contributed by atoms with Gasteiger partial charge in [-0.05, 0) is 38.4 Å². The molecule has 1 saturated heterocycles. The molecule has 1 aliphatic heterocycles. The van der Waals surface area contributed by atoms with Crippen LogP contribution in [0.15, 0.2) is 12.4 Å². The van der Waals surface area contributed by atoms with Crippen LogP contribution in [-0.4, -0.2) is 36.6 Å². The lowest BCUT2D eigenvalue weighted by molar-refractivity contribution is 0.356. The lowest BCUT2D eigenvalue weighted by atomic mass is 9.98. The average Bonchev–Trinajstić information content (AvgIpc) is 2.41. The topological polar surface area (TPSA) is 61.9 Å². The first-order valence-corrected chi connectivity index (χ1v) is 6.28. The van der Waals surface area contributed by atoms with Crippen molar-refractivity contribution < 1.29 is 0 Å². The Morgan fingerprint density at radius 1 is 1.29 bits per heavy atom. The van der Waals surface area contributed by atoms with Gasteiger partial charge in [0.15, 0.2) is 0 Å². The van der Waals surface area contributed by atoms with E-state index in [0.717, 1.165) is 37.7 Å². The molecule has 5 nitrogen and oxygen atoms in total. The monoisotopic (exact) mass is 235 g/mol. The molecule has 0 spiro atoms. The van der Waals surface area contributed by atoms with Crippen LogP contribution in [0.5, 0.6) is 0 Å². The molecule has 1 fully saturated rings. The van der Waals surface area contributed by atoms with Gasteiger partial charge >= 0.3 is 0 Å². The van der Waals surface area contributed by atoms with Crippen LogP contribution in [0.2, 0.25) is 0 Å². The summed E-state index contributed by atoms with van der Waals surface area (Å²) in [6.45, 7) is 4.27. The van der Waals surface area contributed by atoms with Gasteiger partial charge in [-0.25, -0.2) is 9.97 Å². The zero-order chi connectivity index (χ0) is 11.9. The second-order valence-electron chi connectivity index (χ2n) is 4.49. The van der Waals surface area contributed by atoms with Crippen LogP contribution in [0.1, 0.15) is 18.4 Å². The SMILES string of the molecule is CNc1ncc(CNCC2CCNCC2)cn1. The number of piperidine rings is 1. The summed E-state index contributed by atoms with van der Waals surface area (Å²) < 4.78 is 0. The van der Waals surface area contributed by atoms with E-state index in [0.29, 0.717) is 5.95 Å². The minimum Gasteiger partial charge on any atom is -0.357 e.